The van der Waals surface area contributed by atoms with Crippen LogP contribution in [0.15, 0.2) is 0 Å². The Hall–Kier alpha value is -0.610. The highest BCUT2D eigenvalue weighted by molar-refractivity contribution is 5.88. The van der Waals surface area contributed by atoms with Crippen LogP contribution >= 0.6 is 0 Å². The third-order valence-corrected chi connectivity index (χ3v) is 3.12. The highest BCUT2D eigenvalue weighted by atomic mass is 16.5. The maximum atomic E-state index is 12.1. The molecule has 0 bridgehead atoms. The lowest BCUT2D eigenvalue weighted by Gasteiger charge is -2.21. The predicted octanol–water partition coefficient (Wildman–Crippen LogP) is 0.969. The van der Waals surface area contributed by atoms with Crippen LogP contribution in [0.3, 0.4) is 0 Å². The molecule has 0 saturated carbocycles. The van der Waals surface area contributed by atoms with E-state index in [0.717, 1.165) is 6.42 Å². The highest BCUT2D eigenvalue weighted by Crippen LogP contribution is 2.22. The number of nitrogens with zero attached hydrogens (tertiary/aromatic N) is 1. The Balaban J connectivity index is 2.55. The second-order valence-corrected chi connectivity index (χ2v) is 4.20. The fourth-order valence-electron chi connectivity index (χ4n) is 1.95. The van der Waals surface area contributed by atoms with E-state index in [9.17, 15) is 4.79 Å². The quantitative estimate of drug-likeness (QED) is 0.693. The van der Waals surface area contributed by atoms with Crippen molar-refractivity contribution in [3.05, 3.63) is 0 Å². The Bertz CT molecular complexity index is 233. The fourth-order valence-corrected chi connectivity index (χ4v) is 1.95. The second kappa shape index (κ2) is 4.94. The first kappa shape index (κ1) is 12.5. The summed E-state index contributed by atoms with van der Waals surface area (Å²) in [5.74, 6) is 0.192. The minimum Gasteiger partial charge on any atom is -0.380 e. The Morgan fingerprint density at radius 2 is 2.20 bits per heavy atom. The number of hydrogen-bond acceptors (Lipinski definition) is 3. The standard InChI is InChI=1S/C11H22N2O2/c1-5-11(4)10(14)13(9(3)12-11)7-8-15-6-2/h9,12H,5-8H2,1-4H3. The molecule has 4 heteroatoms. The van der Waals surface area contributed by atoms with Gasteiger partial charge in [0.2, 0.25) is 5.91 Å². The van der Waals surface area contributed by atoms with Crippen LogP contribution in [0.25, 0.3) is 0 Å². The molecule has 15 heavy (non-hydrogen) atoms. The normalized spacial score (nSPS) is 31.3. The van der Waals surface area contributed by atoms with Crippen LogP contribution < -0.4 is 5.32 Å². The summed E-state index contributed by atoms with van der Waals surface area (Å²) in [6.45, 7) is 9.98. The fraction of sp³-hybridized carbons (Fsp3) is 0.909. The summed E-state index contributed by atoms with van der Waals surface area (Å²) in [5, 5.41) is 3.33. The largest absolute Gasteiger partial charge is 0.380 e. The second-order valence-electron chi connectivity index (χ2n) is 4.20. The summed E-state index contributed by atoms with van der Waals surface area (Å²) in [6.07, 6.45) is 0.935. The number of carbonyl (C=O) groups is 1. The van der Waals surface area contributed by atoms with Gasteiger partial charge in [-0.1, -0.05) is 6.92 Å². The van der Waals surface area contributed by atoms with Crippen LogP contribution in [0.5, 0.6) is 0 Å². The lowest BCUT2D eigenvalue weighted by Crippen LogP contribution is -2.43. The van der Waals surface area contributed by atoms with Crippen molar-refractivity contribution < 1.29 is 9.53 Å². The van der Waals surface area contributed by atoms with Gasteiger partial charge in [0.05, 0.1) is 18.3 Å². The SMILES string of the molecule is CCOCCN1C(=O)C(C)(CC)NC1C. The van der Waals surface area contributed by atoms with Crippen LogP contribution in [0.4, 0.5) is 0 Å². The van der Waals surface area contributed by atoms with Crippen LogP contribution in [-0.4, -0.2) is 42.3 Å². The molecule has 1 N–H and O–H groups in total. The number of hydrogen-bond donors (Lipinski definition) is 1. The molecular weight excluding hydrogens is 192 g/mol. The molecule has 0 aliphatic carbocycles. The summed E-state index contributed by atoms with van der Waals surface area (Å²) in [7, 11) is 0. The van der Waals surface area contributed by atoms with Gasteiger partial charge < -0.3 is 9.64 Å². The van der Waals surface area contributed by atoms with Gasteiger partial charge >= 0.3 is 0 Å². The summed E-state index contributed by atoms with van der Waals surface area (Å²) in [4.78, 5) is 13.9. The zero-order valence-electron chi connectivity index (χ0n) is 10.2. The predicted molar refractivity (Wildman–Crippen MR) is 59.5 cm³/mol. The summed E-state index contributed by atoms with van der Waals surface area (Å²) < 4.78 is 5.27. The van der Waals surface area contributed by atoms with Crippen LogP contribution in [0.1, 0.15) is 34.1 Å². The Labute approximate surface area is 92.0 Å². The van der Waals surface area contributed by atoms with E-state index < -0.39 is 0 Å². The van der Waals surface area contributed by atoms with Gasteiger partial charge in [-0.05, 0) is 27.2 Å². The van der Waals surface area contributed by atoms with E-state index in [1.54, 1.807) is 0 Å². The smallest absolute Gasteiger partial charge is 0.243 e. The van der Waals surface area contributed by atoms with E-state index >= 15 is 0 Å². The monoisotopic (exact) mass is 214 g/mol. The maximum absolute atomic E-state index is 12.1. The minimum atomic E-state index is -0.383. The molecule has 2 atom stereocenters. The molecular formula is C11H22N2O2. The van der Waals surface area contributed by atoms with Crippen molar-refractivity contribution in [1.29, 1.82) is 0 Å². The molecule has 1 fully saturated rings. The van der Waals surface area contributed by atoms with Gasteiger partial charge in [-0.3, -0.25) is 10.1 Å². The number of amides is 1. The van der Waals surface area contributed by atoms with Gasteiger partial charge in [-0.15, -0.1) is 0 Å². The summed E-state index contributed by atoms with van der Waals surface area (Å²) in [6, 6.07) is 0. The third-order valence-electron chi connectivity index (χ3n) is 3.12. The zero-order valence-corrected chi connectivity index (χ0v) is 10.2. The van der Waals surface area contributed by atoms with Crippen molar-refractivity contribution in [3.63, 3.8) is 0 Å². The van der Waals surface area contributed by atoms with Gasteiger partial charge in [0.25, 0.3) is 0 Å². The number of nitrogens with one attached hydrogen (secondary N) is 1. The van der Waals surface area contributed by atoms with E-state index in [2.05, 4.69) is 5.32 Å². The molecule has 1 aliphatic rings. The minimum absolute atomic E-state index is 0.114. The molecule has 0 radical (unpaired) electrons. The Morgan fingerprint density at radius 1 is 1.53 bits per heavy atom. The van der Waals surface area contributed by atoms with E-state index in [4.69, 9.17) is 4.74 Å². The highest BCUT2D eigenvalue weighted by Gasteiger charge is 2.44. The lowest BCUT2D eigenvalue weighted by atomic mass is 9.99. The molecule has 4 nitrogen and oxygen atoms in total. The van der Waals surface area contributed by atoms with Gasteiger partial charge in [-0.2, -0.15) is 0 Å². The van der Waals surface area contributed by atoms with Crippen LogP contribution in [-0.2, 0) is 9.53 Å². The van der Waals surface area contributed by atoms with Gasteiger partial charge in [0.15, 0.2) is 0 Å². The van der Waals surface area contributed by atoms with E-state index in [1.807, 2.05) is 32.6 Å². The van der Waals surface area contributed by atoms with Crippen molar-refractivity contribution in [1.82, 2.24) is 10.2 Å². The summed E-state index contributed by atoms with van der Waals surface area (Å²) >= 11 is 0. The van der Waals surface area contributed by atoms with E-state index in [1.165, 1.54) is 0 Å². The topological polar surface area (TPSA) is 41.6 Å². The molecule has 1 saturated heterocycles. The van der Waals surface area contributed by atoms with Crippen molar-refractivity contribution in [2.24, 2.45) is 0 Å². The molecule has 0 aromatic heterocycles. The molecule has 2 unspecified atom stereocenters. The molecule has 1 aliphatic heterocycles. The van der Waals surface area contributed by atoms with Crippen molar-refractivity contribution in [3.8, 4) is 0 Å². The average molecular weight is 214 g/mol. The zero-order chi connectivity index (χ0) is 11.5. The first-order valence-corrected chi connectivity index (χ1v) is 5.71. The molecule has 1 amide bonds. The molecule has 88 valence electrons. The number of carbonyl (C=O) groups excluding carboxylic acids is 1. The van der Waals surface area contributed by atoms with Crippen molar-refractivity contribution in [2.75, 3.05) is 19.8 Å². The van der Waals surface area contributed by atoms with Crippen LogP contribution in [0.2, 0.25) is 0 Å². The van der Waals surface area contributed by atoms with Gasteiger partial charge in [0.1, 0.15) is 0 Å². The average Bonchev–Trinajstić information content (AvgIpc) is 2.42. The van der Waals surface area contributed by atoms with Crippen molar-refractivity contribution in [2.45, 2.75) is 45.8 Å². The number of rotatable bonds is 5. The molecule has 1 rings (SSSR count). The first-order valence-electron chi connectivity index (χ1n) is 5.71. The summed E-state index contributed by atoms with van der Waals surface area (Å²) in [5.41, 5.74) is -0.383. The third kappa shape index (κ3) is 2.49. The van der Waals surface area contributed by atoms with Gasteiger partial charge in [0, 0.05) is 13.2 Å². The Kier molecular flexibility index (Phi) is 4.11. The first-order chi connectivity index (χ1) is 7.05. The lowest BCUT2D eigenvalue weighted by molar-refractivity contribution is -0.133. The van der Waals surface area contributed by atoms with E-state index in [0.29, 0.717) is 19.8 Å². The molecule has 0 aromatic carbocycles. The molecule has 0 aromatic rings. The van der Waals surface area contributed by atoms with E-state index in [-0.39, 0.29) is 17.6 Å². The van der Waals surface area contributed by atoms with Gasteiger partial charge in [-0.25, -0.2) is 0 Å². The number of ether oxygens (including phenoxy) is 1. The maximum Gasteiger partial charge on any atom is 0.243 e. The van der Waals surface area contributed by atoms with Crippen LogP contribution in [0, 0.1) is 0 Å². The Morgan fingerprint density at radius 3 is 2.67 bits per heavy atom. The molecule has 1 heterocycles. The van der Waals surface area contributed by atoms with Crippen molar-refractivity contribution >= 4 is 5.91 Å². The molecule has 0 spiro atoms.